The minimum atomic E-state index is -0.218. The third-order valence-electron chi connectivity index (χ3n) is 1.49. The number of hydrogen-bond acceptors (Lipinski definition) is 3. The van der Waals surface area contributed by atoms with E-state index in [-0.39, 0.29) is 17.3 Å². The Morgan fingerprint density at radius 1 is 1.64 bits per heavy atom. The average molecular weight is 209 g/mol. The highest BCUT2D eigenvalue weighted by molar-refractivity contribution is 7.80. The van der Waals surface area contributed by atoms with Crippen LogP contribution in [0.2, 0.25) is 0 Å². The largest absolute Gasteiger partial charge is 0.393 e. The Bertz CT molecular complexity index is 365. The number of amides is 1. The molecule has 0 unspecified atom stereocenters. The fourth-order valence-electron chi connectivity index (χ4n) is 0.987. The van der Waals surface area contributed by atoms with Crippen molar-refractivity contribution >= 4 is 28.8 Å². The van der Waals surface area contributed by atoms with E-state index in [1.807, 2.05) is 13.0 Å². The van der Waals surface area contributed by atoms with E-state index in [0.29, 0.717) is 5.69 Å². The van der Waals surface area contributed by atoms with E-state index in [1.54, 1.807) is 12.4 Å². The molecule has 4 nitrogen and oxygen atoms in total. The number of hydrogen-bond donors (Lipinski definition) is 2. The first-order chi connectivity index (χ1) is 6.58. The van der Waals surface area contributed by atoms with E-state index in [0.717, 1.165) is 5.56 Å². The molecule has 0 aromatic carbocycles. The highest BCUT2D eigenvalue weighted by atomic mass is 32.1. The zero-order chi connectivity index (χ0) is 10.6. The summed E-state index contributed by atoms with van der Waals surface area (Å²) in [5, 5.41) is 2.65. The van der Waals surface area contributed by atoms with Crippen LogP contribution in [0.25, 0.3) is 0 Å². The Balaban J connectivity index is 2.60. The molecule has 0 fully saturated rings. The van der Waals surface area contributed by atoms with Crippen LogP contribution in [0.5, 0.6) is 0 Å². The summed E-state index contributed by atoms with van der Waals surface area (Å²) in [6.45, 7) is 1.90. The zero-order valence-electron chi connectivity index (χ0n) is 7.78. The third-order valence-corrected chi connectivity index (χ3v) is 1.64. The third kappa shape index (κ3) is 3.49. The van der Waals surface area contributed by atoms with Crippen molar-refractivity contribution in [2.75, 3.05) is 5.32 Å². The van der Waals surface area contributed by atoms with Gasteiger partial charge in [-0.2, -0.15) is 0 Å². The van der Waals surface area contributed by atoms with E-state index in [1.165, 1.54) is 0 Å². The number of carbonyl (C=O) groups is 1. The Kier molecular flexibility index (Phi) is 3.53. The molecule has 3 N–H and O–H groups in total. The first-order valence-corrected chi connectivity index (χ1v) is 4.48. The Hall–Kier alpha value is -1.49. The van der Waals surface area contributed by atoms with Crippen molar-refractivity contribution in [2.24, 2.45) is 5.73 Å². The number of rotatable bonds is 3. The van der Waals surface area contributed by atoms with Crippen LogP contribution in [0.3, 0.4) is 0 Å². The maximum Gasteiger partial charge on any atom is 0.231 e. The van der Waals surface area contributed by atoms with Crippen molar-refractivity contribution in [3.05, 3.63) is 24.0 Å². The molecule has 1 heterocycles. The fourth-order valence-corrected chi connectivity index (χ4v) is 1.12. The summed E-state index contributed by atoms with van der Waals surface area (Å²) >= 11 is 4.62. The number of aromatic nitrogens is 1. The summed E-state index contributed by atoms with van der Waals surface area (Å²) in [6, 6.07) is 1.82. The van der Waals surface area contributed by atoms with E-state index in [2.05, 4.69) is 22.5 Å². The number of anilines is 1. The Morgan fingerprint density at radius 2 is 2.36 bits per heavy atom. The van der Waals surface area contributed by atoms with Gasteiger partial charge < -0.3 is 11.1 Å². The number of carbonyl (C=O) groups excluding carboxylic acids is 1. The lowest BCUT2D eigenvalue weighted by Crippen LogP contribution is -2.20. The summed E-state index contributed by atoms with van der Waals surface area (Å²) in [5.74, 6) is -0.218. The van der Waals surface area contributed by atoms with Gasteiger partial charge in [-0.15, -0.1) is 0 Å². The summed E-state index contributed by atoms with van der Waals surface area (Å²) in [6.07, 6.45) is 3.34. The molecule has 0 saturated heterocycles. The molecule has 1 aromatic rings. The van der Waals surface area contributed by atoms with Crippen molar-refractivity contribution in [2.45, 2.75) is 13.3 Å². The number of thiocarbonyl (C=S) groups is 1. The van der Waals surface area contributed by atoms with Crippen LogP contribution in [0.4, 0.5) is 5.69 Å². The van der Waals surface area contributed by atoms with Crippen LogP contribution in [0, 0.1) is 6.92 Å². The predicted octanol–water partition coefficient (Wildman–Crippen LogP) is 1.00. The number of nitrogens with one attached hydrogen (secondary N) is 1. The molecular weight excluding hydrogens is 198 g/mol. The van der Waals surface area contributed by atoms with E-state index < -0.39 is 0 Å². The van der Waals surface area contributed by atoms with E-state index in [4.69, 9.17) is 5.73 Å². The SMILES string of the molecule is Cc1cncc(NC(=O)CC(N)=S)c1. The number of nitrogens with two attached hydrogens (primary N) is 1. The molecular formula is C9H11N3OS. The maximum absolute atomic E-state index is 11.2. The smallest absolute Gasteiger partial charge is 0.231 e. The maximum atomic E-state index is 11.2. The van der Waals surface area contributed by atoms with Crippen molar-refractivity contribution in [1.82, 2.24) is 4.98 Å². The van der Waals surface area contributed by atoms with Gasteiger partial charge in [0.2, 0.25) is 5.91 Å². The molecule has 0 aliphatic carbocycles. The number of aryl methyl sites for hydroxylation is 1. The summed E-state index contributed by atoms with van der Waals surface area (Å²) < 4.78 is 0. The van der Waals surface area contributed by atoms with Gasteiger partial charge in [0.1, 0.15) is 0 Å². The average Bonchev–Trinajstić information content (AvgIpc) is 2.01. The molecule has 0 spiro atoms. The normalized spacial score (nSPS) is 9.50. The Morgan fingerprint density at radius 3 is 2.93 bits per heavy atom. The van der Waals surface area contributed by atoms with Gasteiger partial charge in [0.25, 0.3) is 0 Å². The van der Waals surface area contributed by atoms with Gasteiger partial charge in [-0.3, -0.25) is 9.78 Å². The molecule has 0 atom stereocenters. The molecule has 0 aliphatic heterocycles. The molecule has 74 valence electrons. The highest BCUT2D eigenvalue weighted by Gasteiger charge is 2.03. The lowest BCUT2D eigenvalue weighted by Gasteiger charge is -2.04. The number of nitrogens with zero attached hydrogens (tertiary/aromatic N) is 1. The standard InChI is InChI=1S/C9H11N3OS/c1-6-2-7(5-11-4-6)12-9(13)3-8(10)14/h2,4-5H,3H2,1H3,(H2,10,14)(H,12,13). The second kappa shape index (κ2) is 4.66. The van der Waals surface area contributed by atoms with Crippen LogP contribution < -0.4 is 11.1 Å². The lowest BCUT2D eigenvalue weighted by atomic mass is 10.3. The van der Waals surface area contributed by atoms with Gasteiger partial charge in [0, 0.05) is 6.20 Å². The second-order valence-corrected chi connectivity index (χ2v) is 3.47. The molecule has 1 aromatic heterocycles. The van der Waals surface area contributed by atoms with Crippen LogP contribution in [0.1, 0.15) is 12.0 Å². The molecule has 5 heteroatoms. The molecule has 0 saturated carbocycles. The zero-order valence-corrected chi connectivity index (χ0v) is 8.60. The Labute approximate surface area is 87.5 Å². The lowest BCUT2D eigenvalue weighted by molar-refractivity contribution is -0.115. The van der Waals surface area contributed by atoms with Crippen LogP contribution >= 0.6 is 12.2 Å². The van der Waals surface area contributed by atoms with Gasteiger partial charge in [-0.1, -0.05) is 12.2 Å². The van der Waals surface area contributed by atoms with Crippen molar-refractivity contribution in [3.8, 4) is 0 Å². The minimum Gasteiger partial charge on any atom is -0.393 e. The highest BCUT2D eigenvalue weighted by Crippen LogP contribution is 2.07. The van der Waals surface area contributed by atoms with E-state index >= 15 is 0 Å². The summed E-state index contributed by atoms with van der Waals surface area (Å²) in [7, 11) is 0. The van der Waals surface area contributed by atoms with Gasteiger partial charge >= 0.3 is 0 Å². The first kappa shape index (κ1) is 10.6. The van der Waals surface area contributed by atoms with Crippen LogP contribution in [0.15, 0.2) is 18.5 Å². The molecule has 1 amide bonds. The molecule has 0 aliphatic rings. The monoisotopic (exact) mass is 209 g/mol. The molecule has 14 heavy (non-hydrogen) atoms. The van der Waals surface area contributed by atoms with Gasteiger partial charge in [0.05, 0.1) is 23.3 Å². The predicted molar refractivity (Wildman–Crippen MR) is 59.0 cm³/mol. The van der Waals surface area contributed by atoms with E-state index in [9.17, 15) is 4.79 Å². The van der Waals surface area contributed by atoms with Crippen molar-refractivity contribution in [3.63, 3.8) is 0 Å². The summed E-state index contributed by atoms with van der Waals surface area (Å²) in [4.78, 5) is 15.3. The van der Waals surface area contributed by atoms with Crippen molar-refractivity contribution in [1.29, 1.82) is 0 Å². The van der Waals surface area contributed by atoms with Gasteiger partial charge in [-0.25, -0.2) is 0 Å². The first-order valence-electron chi connectivity index (χ1n) is 4.08. The second-order valence-electron chi connectivity index (χ2n) is 2.94. The number of pyridine rings is 1. The summed E-state index contributed by atoms with van der Waals surface area (Å²) in [5.41, 5.74) is 6.87. The van der Waals surface area contributed by atoms with Crippen molar-refractivity contribution < 1.29 is 4.79 Å². The molecule has 0 bridgehead atoms. The quantitative estimate of drug-likeness (QED) is 0.729. The topological polar surface area (TPSA) is 68.0 Å². The van der Waals surface area contributed by atoms with Crippen LogP contribution in [-0.4, -0.2) is 15.9 Å². The minimum absolute atomic E-state index is 0.0588. The van der Waals surface area contributed by atoms with Gasteiger partial charge in [-0.05, 0) is 18.6 Å². The molecule has 1 rings (SSSR count). The van der Waals surface area contributed by atoms with Crippen LogP contribution in [-0.2, 0) is 4.79 Å². The fraction of sp³-hybridized carbons (Fsp3) is 0.222. The van der Waals surface area contributed by atoms with Gasteiger partial charge in [0.15, 0.2) is 0 Å². The molecule has 0 radical (unpaired) electrons.